The molecule has 0 spiro atoms. The van der Waals surface area contributed by atoms with E-state index in [2.05, 4.69) is 21.3 Å². The normalized spacial score (nSPS) is 11.0. The van der Waals surface area contributed by atoms with Crippen LogP contribution in [0.5, 0.6) is 0 Å². The van der Waals surface area contributed by atoms with Crippen LogP contribution < -0.4 is 21.3 Å². The number of amides is 6. The topological polar surface area (TPSA) is 237 Å². The number of likely N-dealkylation sites (N-methyl/N-ethyl adjacent to an activating group) is 1. The monoisotopic (exact) mass is 959 g/mol. The van der Waals surface area contributed by atoms with E-state index in [0.717, 1.165) is 11.1 Å². The lowest BCUT2D eigenvalue weighted by Gasteiger charge is -2.30. The van der Waals surface area contributed by atoms with E-state index in [4.69, 9.17) is 18.9 Å². The standard InChI is InChI=1S/C51H57N7O12/c1-2-56(29-27-52-48(61)67-34-38-15-7-3-8-16-38)46(59)31-43(42-23-25-44(26-24-42)58(65)66)32-47(60)57(30-28-53-49(62)68-35-39-17-9-4-10-18-39)33-45(54-50(63)69-36-40-19-11-5-12-20-40)55-51(64)70-37-41-21-13-6-14-22-41/h3-26,43,45H,2,27-37H2,1H3,(H,52,61)(H,53,62)(H,54,63)(H,55,64). The van der Waals surface area contributed by atoms with Gasteiger partial charge >= 0.3 is 24.4 Å². The van der Waals surface area contributed by atoms with Crippen molar-refractivity contribution in [1.82, 2.24) is 31.1 Å². The van der Waals surface area contributed by atoms with Crippen LogP contribution in [-0.2, 0) is 55.0 Å². The van der Waals surface area contributed by atoms with Gasteiger partial charge < -0.3 is 39.4 Å². The highest BCUT2D eigenvalue weighted by Crippen LogP contribution is 2.28. The first-order valence-electron chi connectivity index (χ1n) is 22.6. The molecule has 0 fully saturated rings. The van der Waals surface area contributed by atoms with Crippen molar-refractivity contribution in [2.24, 2.45) is 0 Å². The SMILES string of the molecule is CCN(CCNC(=O)OCc1ccccc1)C(=O)CC(CC(=O)N(CCNC(=O)OCc1ccccc1)CC(NC(=O)OCc1ccccc1)NC(=O)OCc1ccccc1)c1ccc([N+](=O)[O-])cc1. The van der Waals surface area contributed by atoms with Crippen LogP contribution in [0.15, 0.2) is 146 Å². The number of hydrogen-bond acceptors (Lipinski definition) is 12. The highest BCUT2D eigenvalue weighted by atomic mass is 16.6. The van der Waals surface area contributed by atoms with Gasteiger partial charge in [-0.1, -0.05) is 133 Å². The first kappa shape index (κ1) is 52.5. The summed E-state index contributed by atoms with van der Waals surface area (Å²) in [5, 5.41) is 22.1. The predicted molar refractivity (Wildman–Crippen MR) is 256 cm³/mol. The minimum absolute atomic E-state index is 0.0183. The van der Waals surface area contributed by atoms with Gasteiger partial charge in [0.2, 0.25) is 11.8 Å². The Hall–Kier alpha value is -8.48. The van der Waals surface area contributed by atoms with Crippen molar-refractivity contribution in [3.05, 3.63) is 184 Å². The number of nitro groups is 1. The van der Waals surface area contributed by atoms with Gasteiger partial charge in [-0.2, -0.15) is 0 Å². The van der Waals surface area contributed by atoms with Crippen LogP contribution in [0.25, 0.3) is 0 Å². The second-order valence-electron chi connectivity index (χ2n) is 15.7. The Bertz CT molecular complexity index is 2380. The molecule has 19 nitrogen and oxygen atoms in total. The van der Waals surface area contributed by atoms with Crippen LogP contribution in [0.1, 0.15) is 53.5 Å². The van der Waals surface area contributed by atoms with Gasteiger partial charge in [0.05, 0.1) is 11.5 Å². The molecule has 19 heteroatoms. The van der Waals surface area contributed by atoms with E-state index in [-0.39, 0.29) is 90.1 Å². The number of ether oxygens (including phenoxy) is 4. The largest absolute Gasteiger partial charge is 0.445 e. The molecular weight excluding hydrogens is 903 g/mol. The highest BCUT2D eigenvalue weighted by molar-refractivity contribution is 5.81. The molecule has 1 unspecified atom stereocenters. The molecule has 5 aromatic rings. The van der Waals surface area contributed by atoms with Crippen molar-refractivity contribution < 1.29 is 52.6 Å². The molecule has 0 aliphatic heterocycles. The van der Waals surface area contributed by atoms with Crippen LogP contribution in [-0.4, -0.2) is 96.3 Å². The van der Waals surface area contributed by atoms with Crippen molar-refractivity contribution in [3.8, 4) is 0 Å². The maximum atomic E-state index is 14.6. The summed E-state index contributed by atoms with van der Waals surface area (Å²) < 4.78 is 21.5. The number of benzene rings is 5. The Labute approximate surface area is 405 Å². The minimum atomic E-state index is -1.32. The number of nitrogens with one attached hydrogen (secondary N) is 4. The van der Waals surface area contributed by atoms with Crippen LogP contribution in [0.3, 0.4) is 0 Å². The summed E-state index contributed by atoms with van der Waals surface area (Å²) in [6.45, 7) is 1.30. The molecule has 4 N–H and O–H groups in total. The first-order chi connectivity index (χ1) is 33.9. The van der Waals surface area contributed by atoms with Crippen molar-refractivity contribution in [1.29, 1.82) is 0 Å². The maximum Gasteiger partial charge on any atom is 0.409 e. The molecule has 0 radical (unpaired) electrons. The van der Waals surface area contributed by atoms with Crippen LogP contribution in [0.2, 0.25) is 0 Å². The fourth-order valence-electron chi connectivity index (χ4n) is 6.93. The van der Waals surface area contributed by atoms with Gasteiger partial charge in [-0.15, -0.1) is 0 Å². The van der Waals surface area contributed by atoms with E-state index in [1.54, 1.807) is 79.7 Å². The second kappa shape index (κ2) is 28.6. The number of rotatable bonds is 25. The average Bonchev–Trinajstić information content (AvgIpc) is 3.38. The quantitative estimate of drug-likeness (QED) is 0.0197. The van der Waals surface area contributed by atoms with Crippen LogP contribution >= 0.6 is 0 Å². The van der Waals surface area contributed by atoms with Gasteiger partial charge in [0.25, 0.3) is 5.69 Å². The highest BCUT2D eigenvalue weighted by Gasteiger charge is 2.29. The van der Waals surface area contributed by atoms with E-state index >= 15 is 0 Å². The molecule has 368 valence electrons. The summed E-state index contributed by atoms with van der Waals surface area (Å²) in [6.07, 6.45) is -5.19. The first-order valence-corrected chi connectivity index (χ1v) is 22.6. The average molecular weight is 960 g/mol. The van der Waals surface area contributed by atoms with Crippen LogP contribution in [0.4, 0.5) is 24.9 Å². The number of carbonyl (C=O) groups is 6. The molecule has 0 heterocycles. The third kappa shape index (κ3) is 19.0. The molecule has 5 rings (SSSR count). The predicted octanol–water partition coefficient (Wildman–Crippen LogP) is 7.17. The van der Waals surface area contributed by atoms with Gasteiger partial charge in [0, 0.05) is 63.6 Å². The smallest absolute Gasteiger partial charge is 0.409 e. The summed E-state index contributed by atoms with van der Waals surface area (Å²) >= 11 is 0. The number of nitro benzene ring substituents is 1. The van der Waals surface area contributed by atoms with Crippen molar-refractivity contribution in [3.63, 3.8) is 0 Å². The lowest BCUT2D eigenvalue weighted by atomic mass is 9.91. The number of carbonyl (C=O) groups excluding carboxylic acids is 6. The molecule has 0 aromatic heterocycles. The summed E-state index contributed by atoms with van der Waals surface area (Å²) in [4.78, 5) is 94.2. The van der Waals surface area contributed by atoms with Crippen molar-refractivity contribution >= 4 is 41.9 Å². The molecule has 0 bridgehead atoms. The Morgan fingerprint density at radius 3 is 1.24 bits per heavy atom. The molecule has 0 aliphatic rings. The number of non-ortho nitro benzene ring substituents is 1. The maximum absolute atomic E-state index is 14.6. The Morgan fingerprint density at radius 2 is 0.871 bits per heavy atom. The Morgan fingerprint density at radius 1 is 0.514 bits per heavy atom. The molecular formula is C51H57N7O12. The molecule has 5 aromatic carbocycles. The molecule has 1 atom stereocenters. The van der Waals surface area contributed by atoms with Gasteiger partial charge in [-0.05, 0) is 34.7 Å². The van der Waals surface area contributed by atoms with Gasteiger partial charge in [0.1, 0.15) is 32.6 Å². The number of hydrogen-bond donors (Lipinski definition) is 4. The molecule has 6 amide bonds. The molecule has 0 saturated carbocycles. The number of alkyl carbamates (subject to hydrolysis) is 4. The summed E-state index contributed by atoms with van der Waals surface area (Å²) in [5.74, 6) is -1.81. The third-order valence-corrected chi connectivity index (χ3v) is 10.6. The third-order valence-electron chi connectivity index (χ3n) is 10.6. The molecule has 0 saturated heterocycles. The van der Waals surface area contributed by atoms with Gasteiger partial charge in [0.15, 0.2) is 0 Å². The van der Waals surface area contributed by atoms with Gasteiger partial charge in [-0.3, -0.25) is 30.3 Å². The van der Waals surface area contributed by atoms with E-state index in [1.807, 2.05) is 48.5 Å². The lowest BCUT2D eigenvalue weighted by Crippen LogP contribution is -2.56. The Balaban J connectivity index is 1.34. The van der Waals surface area contributed by atoms with Crippen molar-refractivity contribution in [2.45, 2.75) is 58.3 Å². The lowest BCUT2D eigenvalue weighted by molar-refractivity contribution is -0.384. The van der Waals surface area contributed by atoms with Crippen molar-refractivity contribution in [2.75, 3.05) is 39.3 Å². The minimum Gasteiger partial charge on any atom is -0.445 e. The second-order valence-corrected chi connectivity index (χ2v) is 15.7. The molecule has 70 heavy (non-hydrogen) atoms. The Kier molecular flexibility index (Phi) is 21.5. The van der Waals surface area contributed by atoms with E-state index in [9.17, 15) is 38.9 Å². The van der Waals surface area contributed by atoms with E-state index in [1.165, 1.54) is 34.1 Å². The summed E-state index contributed by atoms with van der Waals surface area (Å²) in [7, 11) is 0. The summed E-state index contributed by atoms with van der Waals surface area (Å²) in [5.41, 5.74) is 3.17. The fraction of sp³-hybridized carbons (Fsp3) is 0.294. The van der Waals surface area contributed by atoms with E-state index < -0.39 is 47.3 Å². The van der Waals surface area contributed by atoms with Crippen LogP contribution in [0, 0.1) is 10.1 Å². The van der Waals surface area contributed by atoms with E-state index in [0.29, 0.717) is 16.7 Å². The number of nitrogens with zero attached hydrogens (tertiary/aromatic N) is 3. The van der Waals surface area contributed by atoms with Gasteiger partial charge in [-0.25, -0.2) is 19.2 Å². The fourth-order valence-corrected chi connectivity index (χ4v) is 6.93. The molecule has 0 aliphatic carbocycles. The summed E-state index contributed by atoms with van der Waals surface area (Å²) in [6, 6.07) is 41.4. The zero-order chi connectivity index (χ0) is 49.9. The zero-order valence-corrected chi connectivity index (χ0v) is 38.7. The zero-order valence-electron chi connectivity index (χ0n) is 38.7.